The van der Waals surface area contributed by atoms with Crippen molar-refractivity contribution in [1.82, 2.24) is 10.2 Å². The summed E-state index contributed by atoms with van der Waals surface area (Å²) in [7, 11) is 0. The SMILES string of the molecule is Cl.N=C(N)c1ccc(CNC(=O)[C@@H]2CCCN2C(=O)[C@H](N)Cc2ccccc2)cc1. The number of nitrogens with one attached hydrogen (secondary N) is 2. The Morgan fingerprint density at radius 2 is 1.77 bits per heavy atom. The Morgan fingerprint density at radius 1 is 1.10 bits per heavy atom. The van der Waals surface area contributed by atoms with Crippen LogP contribution in [0.3, 0.4) is 0 Å². The molecular formula is C22H28ClN5O2. The van der Waals surface area contributed by atoms with Crippen molar-refractivity contribution in [2.75, 3.05) is 6.54 Å². The summed E-state index contributed by atoms with van der Waals surface area (Å²) in [6.45, 7) is 0.901. The van der Waals surface area contributed by atoms with Gasteiger partial charge in [0.15, 0.2) is 0 Å². The largest absolute Gasteiger partial charge is 0.384 e. The molecule has 1 fully saturated rings. The number of nitrogen functional groups attached to an aromatic ring is 1. The van der Waals surface area contributed by atoms with E-state index in [4.69, 9.17) is 16.9 Å². The molecule has 0 aromatic heterocycles. The van der Waals surface area contributed by atoms with Gasteiger partial charge in [-0.2, -0.15) is 0 Å². The number of halogens is 1. The first kappa shape index (κ1) is 23.4. The minimum absolute atomic E-state index is 0. The van der Waals surface area contributed by atoms with Gasteiger partial charge in [-0.05, 0) is 30.4 Å². The maximum absolute atomic E-state index is 12.8. The Labute approximate surface area is 182 Å². The first-order valence-electron chi connectivity index (χ1n) is 9.76. The molecule has 0 spiro atoms. The highest BCUT2D eigenvalue weighted by atomic mass is 35.5. The molecule has 7 nitrogen and oxygen atoms in total. The summed E-state index contributed by atoms with van der Waals surface area (Å²) in [4.78, 5) is 27.1. The maximum Gasteiger partial charge on any atom is 0.243 e. The van der Waals surface area contributed by atoms with E-state index < -0.39 is 12.1 Å². The van der Waals surface area contributed by atoms with Crippen LogP contribution in [0.2, 0.25) is 0 Å². The number of amides is 2. The molecule has 1 saturated heterocycles. The molecule has 3 rings (SSSR count). The summed E-state index contributed by atoms with van der Waals surface area (Å²) in [5.74, 6) is -0.344. The van der Waals surface area contributed by atoms with E-state index in [-0.39, 0.29) is 30.1 Å². The Morgan fingerprint density at radius 3 is 2.40 bits per heavy atom. The monoisotopic (exact) mass is 429 g/mol. The van der Waals surface area contributed by atoms with Crippen LogP contribution >= 0.6 is 12.4 Å². The molecule has 0 saturated carbocycles. The third kappa shape index (κ3) is 5.81. The van der Waals surface area contributed by atoms with Crippen LogP contribution in [0.5, 0.6) is 0 Å². The lowest BCUT2D eigenvalue weighted by atomic mass is 10.1. The average Bonchev–Trinajstić information content (AvgIpc) is 3.22. The first-order chi connectivity index (χ1) is 14.0. The molecular weight excluding hydrogens is 402 g/mol. The third-order valence-corrected chi connectivity index (χ3v) is 5.19. The molecule has 0 bridgehead atoms. The van der Waals surface area contributed by atoms with Crippen molar-refractivity contribution >= 4 is 30.1 Å². The van der Waals surface area contributed by atoms with Crippen molar-refractivity contribution in [3.63, 3.8) is 0 Å². The van der Waals surface area contributed by atoms with Crippen LogP contribution in [0.15, 0.2) is 54.6 Å². The van der Waals surface area contributed by atoms with Gasteiger partial charge in [0.05, 0.1) is 6.04 Å². The average molecular weight is 430 g/mol. The Balaban J connectivity index is 0.00000320. The highest BCUT2D eigenvalue weighted by molar-refractivity contribution is 5.95. The number of nitrogens with two attached hydrogens (primary N) is 2. The minimum atomic E-state index is -0.662. The summed E-state index contributed by atoms with van der Waals surface area (Å²) in [5.41, 5.74) is 14.1. The van der Waals surface area contributed by atoms with Gasteiger partial charge in [0.25, 0.3) is 0 Å². The van der Waals surface area contributed by atoms with Gasteiger partial charge in [0, 0.05) is 18.7 Å². The van der Waals surface area contributed by atoms with E-state index in [9.17, 15) is 9.59 Å². The molecule has 0 unspecified atom stereocenters. The highest BCUT2D eigenvalue weighted by Crippen LogP contribution is 2.19. The zero-order chi connectivity index (χ0) is 20.8. The van der Waals surface area contributed by atoms with Gasteiger partial charge in [0.1, 0.15) is 11.9 Å². The standard InChI is InChI=1S/C22H27N5O2.ClH/c23-18(13-15-5-2-1-3-6-15)22(29)27-12-4-7-19(27)21(28)26-14-16-8-10-17(11-9-16)20(24)25;/h1-3,5-6,8-11,18-19H,4,7,12-14,23H2,(H3,24,25)(H,26,28);1H/t18-,19+;/m1./s1. The van der Waals surface area contributed by atoms with Crippen molar-refractivity contribution in [3.8, 4) is 0 Å². The van der Waals surface area contributed by atoms with Crippen LogP contribution in [-0.2, 0) is 22.6 Å². The number of carbonyl (C=O) groups excluding carboxylic acids is 2. The lowest BCUT2D eigenvalue weighted by Gasteiger charge is -2.26. The van der Waals surface area contributed by atoms with Crippen LogP contribution in [0.1, 0.15) is 29.5 Å². The second-order valence-corrected chi connectivity index (χ2v) is 7.31. The predicted octanol–water partition coefficient (Wildman–Crippen LogP) is 1.57. The number of carbonyl (C=O) groups is 2. The molecule has 8 heteroatoms. The number of nitrogens with zero attached hydrogens (tertiary/aromatic N) is 1. The predicted molar refractivity (Wildman–Crippen MR) is 119 cm³/mol. The third-order valence-electron chi connectivity index (χ3n) is 5.19. The Kier molecular flexibility index (Phi) is 8.38. The Bertz CT molecular complexity index is 873. The molecule has 2 aromatic carbocycles. The van der Waals surface area contributed by atoms with Gasteiger partial charge in [-0.15, -0.1) is 12.4 Å². The van der Waals surface area contributed by atoms with Gasteiger partial charge >= 0.3 is 0 Å². The smallest absolute Gasteiger partial charge is 0.243 e. The van der Waals surface area contributed by atoms with Crippen molar-refractivity contribution in [2.45, 2.75) is 37.9 Å². The van der Waals surface area contributed by atoms with E-state index in [0.717, 1.165) is 17.5 Å². The van der Waals surface area contributed by atoms with E-state index >= 15 is 0 Å². The number of amidine groups is 1. The zero-order valence-electron chi connectivity index (χ0n) is 16.7. The van der Waals surface area contributed by atoms with Crippen molar-refractivity contribution in [3.05, 3.63) is 71.3 Å². The molecule has 2 atom stereocenters. The molecule has 30 heavy (non-hydrogen) atoms. The van der Waals surface area contributed by atoms with E-state index in [0.29, 0.717) is 31.5 Å². The molecule has 2 amide bonds. The van der Waals surface area contributed by atoms with Gasteiger partial charge in [-0.1, -0.05) is 54.6 Å². The fraction of sp³-hybridized carbons (Fsp3) is 0.318. The number of benzene rings is 2. The van der Waals surface area contributed by atoms with Crippen LogP contribution in [0.4, 0.5) is 0 Å². The summed E-state index contributed by atoms with van der Waals surface area (Å²) in [6.07, 6.45) is 1.88. The van der Waals surface area contributed by atoms with E-state index in [1.54, 1.807) is 17.0 Å². The maximum atomic E-state index is 12.8. The molecule has 0 aliphatic carbocycles. The quantitative estimate of drug-likeness (QED) is 0.393. The highest BCUT2D eigenvalue weighted by Gasteiger charge is 2.35. The van der Waals surface area contributed by atoms with Gasteiger partial charge < -0.3 is 21.7 Å². The second-order valence-electron chi connectivity index (χ2n) is 7.31. The molecule has 1 aliphatic heterocycles. The van der Waals surface area contributed by atoms with Crippen LogP contribution in [0.25, 0.3) is 0 Å². The fourth-order valence-corrected chi connectivity index (χ4v) is 3.58. The lowest BCUT2D eigenvalue weighted by Crippen LogP contribution is -2.51. The van der Waals surface area contributed by atoms with Crippen molar-refractivity contribution in [1.29, 1.82) is 5.41 Å². The molecule has 1 heterocycles. The molecule has 1 aliphatic rings. The zero-order valence-corrected chi connectivity index (χ0v) is 17.5. The van der Waals surface area contributed by atoms with Gasteiger partial charge in [0.2, 0.25) is 11.8 Å². The first-order valence-corrected chi connectivity index (χ1v) is 9.76. The van der Waals surface area contributed by atoms with Gasteiger partial charge in [-0.25, -0.2) is 0 Å². The molecule has 160 valence electrons. The minimum Gasteiger partial charge on any atom is -0.384 e. The number of hydrogen-bond donors (Lipinski definition) is 4. The summed E-state index contributed by atoms with van der Waals surface area (Å²) < 4.78 is 0. The topological polar surface area (TPSA) is 125 Å². The van der Waals surface area contributed by atoms with E-state index in [1.165, 1.54) is 0 Å². The van der Waals surface area contributed by atoms with E-state index in [1.807, 2.05) is 42.5 Å². The number of likely N-dealkylation sites (tertiary alicyclic amines) is 1. The molecule has 0 radical (unpaired) electrons. The van der Waals surface area contributed by atoms with Crippen LogP contribution in [0, 0.1) is 5.41 Å². The van der Waals surface area contributed by atoms with Gasteiger partial charge in [-0.3, -0.25) is 15.0 Å². The second kappa shape index (κ2) is 10.8. The lowest BCUT2D eigenvalue weighted by molar-refractivity contribution is -0.139. The normalized spacial score (nSPS) is 16.4. The van der Waals surface area contributed by atoms with Crippen molar-refractivity contribution in [2.24, 2.45) is 11.5 Å². The number of rotatable bonds is 7. The molecule has 6 N–H and O–H groups in total. The molecule has 2 aromatic rings. The van der Waals surface area contributed by atoms with Crippen molar-refractivity contribution < 1.29 is 9.59 Å². The number of hydrogen-bond acceptors (Lipinski definition) is 4. The van der Waals surface area contributed by atoms with Crippen LogP contribution in [-0.4, -0.2) is 41.2 Å². The fourth-order valence-electron chi connectivity index (χ4n) is 3.58. The van der Waals surface area contributed by atoms with E-state index in [2.05, 4.69) is 5.32 Å². The summed E-state index contributed by atoms with van der Waals surface area (Å²) in [6, 6.07) is 15.6. The summed E-state index contributed by atoms with van der Waals surface area (Å²) in [5, 5.41) is 10.3. The summed E-state index contributed by atoms with van der Waals surface area (Å²) >= 11 is 0. The van der Waals surface area contributed by atoms with Crippen LogP contribution < -0.4 is 16.8 Å². The Hall–Kier alpha value is -2.90.